The van der Waals surface area contributed by atoms with Gasteiger partial charge in [0.05, 0.1) is 11.4 Å². The van der Waals surface area contributed by atoms with E-state index in [1.165, 1.54) is 11.1 Å². The molecule has 1 N–H and O–H groups in total. The van der Waals surface area contributed by atoms with Crippen LogP contribution in [0.25, 0.3) is 10.7 Å². The van der Waals surface area contributed by atoms with Gasteiger partial charge in [-0.1, -0.05) is 35.9 Å². The third kappa shape index (κ3) is 5.22. The Balaban J connectivity index is 1.43. The van der Waals surface area contributed by atoms with Crippen molar-refractivity contribution in [3.63, 3.8) is 0 Å². The molecule has 0 aliphatic rings. The Morgan fingerprint density at radius 1 is 1.16 bits per heavy atom. The normalized spacial score (nSPS) is 10.6. The Kier molecular flexibility index (Phi) is 5.90. The van der Waals surface area contributed by atoms with Gasteiger partial charge in [-0.2, -0.15) is 0 Å². The van der Waals surface area contributed by atoms with Crippen LogP contribution < -0.4 is 5.32 Å². The van der Waals surface area contributed by atoms with Gasteiger partial charge in [0.25, 0.3) is 0 Å². The second-order valence-electron chi connectivity index (χ2n) is 5.95. The van der Waals surface area contributed by atoms with Gasteiger partial charge in [-0.05, 0) is 37.5 Å². The lowest BCUT2D eigenvalue weighted by atomic mass is 10.1. The lowest BCUT2D eigenvalue weighted by Crippen LogP contribution is -2.25. The fourth-order valence-corrected chi connectivity index (χ4v) is 3.40. The van der Waals surface area contributed by atoms with Crippen LogP contribution in [0.5, 0.6) is 0 Å². The standard InChI is InChI=1S/C20H21N3OS/c1-15-5-4-6-16(13-15)10-12-22-19(24)9-8-17-14-25-20(23-17)18-7-2-3-11-21-18/h2-7,11,13-14H,8-10,12H2,1H3,(H,22,24). The Morgan fingerprint density at radius 3 is 2.88 bits per heavy atom. The SMILES string of the molecule is Cc1cccc(CCNC(=O)CCc2csc(-c3ccccn3)n2)c1. The number of benzene rings is 1. The summed E-state index contributed by atoms with van der Waals surface area (Å²) in [5.41, 5.74) is 4.32. The zero-order chi connectivity index (χ0) is 17.5. The third-order valence-corrected chi connectivity index (χ3v) is 4.78. The topological polar surface area (TPSA) is 54.9 Å². The molecule has 2 heterocycles. The average Bonchev–Trinajstić information content (AvgIpc) is 3.10. The summed E-state index contributed by atoms with van der Waals surface area (Å²) >= 11 is 1.57. The molecule has 1 amide bonds. The first-order chi connectivity index (χ1) is 12.2. The third-order valence-electron chi connectivity index (χ3n) is 3.86. The number of pyridine rings is 1. The van der Waals surface area contributed by atoms with Crippen LogP contribution >= 0.6 is 11.3 Å². The molecule has 0 spiro atoms. The van der Waals surface area contributed by atoms with Crippen molar-refractivity contribution in [2.24, 2.45) is 0 Å². The number of amides is 1. The molecular formula is C20H21N3OS. The van der Waals surface area contributed by atoms with Crippen LogP contribution in [-0.2, 0) is 17.6 Å². The van der Waals surface area contributed by atoms with E-state index in [-0.39, 0.29) is 5.91 Å². The number of thiazole rings is 1. The molecule has 0 unspecified atom stereocenters. The number of hydrogen-bond acceptors (Lipinski definition) is 4. The van der Waals surface area contributed by atoms with Crippen molar-refractivity contribution in [2.45, 2.75) is 26.2 Å². The van der Waals surface area contributed by atoms with E-state index in [1.54, 1.807) is 17.5 Å². The van der Waals surface area contributed by atoms with Crippen LogP contribution in [-0.4, -0.2) is 22.4 Å². The molecule has 2 aromatic heterocycles. The molecule has 0 radical (unpaired) electrons. The zero-order valence-electron chi connectivity index (χ0n) is 14.2. The fraction of sp³-hybridized carbons (Fsp3) is 0.250. The largest absolute Gasteiger partial charge is 0.356 e. The van der Waals surface area contributed by atoms with Crippen LogP contribution in [0.1, 0.15) is 23.2 Å². The van der Waals surface area contributed by atoms with Crippen LogP contribution in [0.15, 0.2) is 54.0 Å². The van der Waals surface area contributed by atoms with Gasteiger partial charge in [0.2, 0.25) is 5.91 Å². The van der Waals surface area contributed by atoms with Gasteiger partial charge < -0.3 is 5.32 Å². The van der Waals surface area contributed by atoms with E-state index in [9.17, 15) is 4.79 Å². The molecule has 3 aromatic rings. The molecule has 0 fully saturated rings. The predicted molar refractivity (Wildman–Crippen MR) is 102 cm³/mol. The molecule has 0 saturated heterocycles. The van der Waals surface area contributed by atoms with E-state index in [0.717, 1.165) is 22.8 Å². The highest BCUT2D eigenvalue weighted by molar-refractivity contribution is 7.13. The number of aromatic nitrogens is 2. The molecule has 3 rings (SSSR count). The van der Waals surface area contributed by atoms with E-state index >= 15 is 0 Å². The average molecular weight is 351 g/mol. The zero-order valence-corrected chi connectivity index (χ0v) is 15.1. The molecule has 0 saturated carbocycles. The maximum absolute atomic E-state index is 12.0. The number of nitrogens with zero attached hydrogens (tertiary/aromatic N) is 2. The second-order valence-corrected chi connectivity index (χ2v) is 6.81. The summed E-state index contributed by atoms with van der Waals surface area (Å²) in [6.45, 7) is 2.74. The van der Waals surface area contributed by atoms with Crippen molar-refractivity contribution in [3.8, 4) is 10.7 Å². The van der Waals surface area contributed by atoms with Crippen molar-refractivity contribution < 1.29 is 4.79 Å². The minimum absolute atomic E-state index is 0.0695. The summed E-state index contributed by atoms with van der Waals surface area (Å²) in [7, 11) is 0. The molecule has 0 atom stereocenters. The highest BCUT2D eigenvalue weighted by Gasteiger charge is 2.08. The van der Waals surface area contributed by atoms with E-state index in [4.69, 9.17) is 0 Å². The summed E-state index contributed by atoms with van der Waals surface area (Å²) in [5, 5.41) is 5.89. The monoisotopic (exact) mass is 351 g/mol. The van der Waals surface area contributed by atoms with Gasteiger partial charge in [-0.3, -0.25) is 9.78 Å². The maximum Gasteiger partial charge on any atom is 0.220 e. The molecule has 1 aromatic carbocycles. The Morgan fingerprint density at radius 2 is 2.08 bits per heavy atom. The predicted octanol–water partition coefficient (Wildman–Crippen LogP) is 3.81. The van der Waals surface area contributed by atoms with Gasteiger partial charge in [0.15, 0.2) is 0 Å². The Hall–Kier alpha value is -2.53. The van der Waals surface area contributed by atoms with Crippen molar-refractivity contribution in [1.29, 1.82) is 0 Å². The summed E-state index contributed by atoms with van der Waals surface area (Å²) in [5.74, 6) is 0.0695. The number of hydrogen-bond donors (Lipinski definition) is 1. The lowest BCUT2D eigenvalue weighted by Gasteiger charge is -2.05. The van der Waals surface area contributed by atoms with E-state index in [1.807, 2.05) is 29.6 Å². The van der Waals surface area contributed by atoms with Crippen LogP contribution in [0.2, 0.25) is 0 Å². The number of aryl methyl sites for hydroxylation is 2. The first-order valence-corrected chi connectivity index (χ1v) is 9.27. The molecule has 0 aliphatic carbocycles. The quantitative estimate of drug-likeness (QED) is 0.704. The van der Waals surface area contributed by atoms with Gasteiger partial charge >= 0.3 is 0 Å². The van der Waals surface area contributed by atoms with E-state index in [0.29, 0.717) is 19.4 Å². The Labute approximate surface area is 152 Å². The van der Waals surface area contributed by atoms with Crippen molar-refractivity contribution in [1.82, 2.24) is 15.3 Å². The van der Waals surface area contributed by atoms with Gasteiger partial charge in [-0.15, -0.1) is 11.3 Å². The molecule has 0 aliphatic heterocycles. The highest BCUT2D eigenvalue weighted by atomic mass is 32.1. The molecular weight excluding hydrogens is 330 g/mol. The first kappa shape index (κ1) is 17.3. The maximum atomic E-state index is 12.0. The fourth-order valence-electron chi connectivity index (χ4n) is 2.57. The van der Waals surface area contributed by atoms with Gasteiger partial charge in [0.1, 0.15) is 5.01 Å². The van der Waals surface area contributed by atoms with Crippen molar-refractivity contribution >= 4 is 17.2 Å². The molecule has 5 heteroatoms. The van der Waals surface area contributed by atoms with Gasteiger partial charge in [-0.25, -0.2) is 4.98 Å². The minimum atomic E-state index is 0.0695. The summed E-state index contributed by atoms with van der Waals surface area (Å²) in [4.78, 5) is 20.9. The highest BCUT2D eigenvalue weighted by Crippen LogP contribution is 2.21. The second kappa shape index (κ2) is 8.53. The van der Waals surface area contributed by atoms with Crippen molar-refractivity contribution in [2.75, 3.05) is 6.54 Å². The molecule has 0 bridgehead atoms. The lowest BCUT2D eigenvalue weighted by molar-refractivity contribution is -0.121. The van der Waals surface area contributed by atoms with Gasteiger partial charge in [0, 0.05) is 24.5 Å². The summed E-state index contributed by atoms with van der Waals surface area (Å²) < 4.78 is 0. The summed E-state index contributed by atoms with van der Waals surface area (Å²) in [6, 6.07) is 14.2. The van der Waals surface area contributed by atoms with Crippen LogP contribution in [0.3, 0.4) is 0 Å². The first-order valence-electron chi connectivity index (χ1n) is 8.39. The smallest absolute Gasteiger partial charge is 0.220 e. The van der Waals surface area contributed by atoms with E-state index in [2.05, 4.69) is 40.4 Å². The number of carbonyl (C=O) groups excluding carboxylic acids is 1. The summed E-state index contributed by atoms with van der Waals surface area (Å²) in [6.07, 6.45) is 3.73. The number of rotatable bonds is 7. The van der Waals surface area contributed by atoms with E-state index < -0.39 is 0 Å². The van der Waals surface area contributed by atoms with Crippen LogP contribution in [0, 0.1) is 6.92 Å². The van der Waals surface area contributed by atoms with Crippen molar-refractivity contribution in [3.05, 3.63) is 70.9 Å². The van der Waals surface area contributed by atoms with Crippen LogP contribution in [0.4, 0.5) is 0 Å². The molecule has 4 nitrogen and oxygen atoms in total. The molecule has 128 valence electrons. The number of carbonyl (C=O) groups is 1. The number of nitrogens with one attached hydrogen (secondary N) is 1. The Bertz CT molecular complexity index is 830. The molecule has 25 heavy (non-hydrogen) atoms. The minimum Gasteiger partial charge on any atom is -0.356 e.